The Balaban J connectivity index is 2.57. The number of hydrogen-bond acceptors (Lipinski definition) is 4. The number of nitrogens with one attached hydrogen (secondary N) is 1. The summed E-state index contributed by atoms with van der Waals surface area (Å²) in [5, 5.41) is 11.3. The number of rotatable bonds is 8. The van der Waals surface area contributed by atoms with E-state index < -0.39 is 17.7 Å². The second kappa shape index (κ2) is 9.78. The first-order chi connectivity index (χ1) is 11.7. The van der Waals surface area contributed by atoms with Crippen LogP contribution in [-0.2, 0) is 16.1 Å². The van der Waals surface area contributed by atoms with Gasteiger partial charge in [-0.1, -0.05) is 18.2 Å². The maximum atomic E-state index is 13.0. The molecule has 0 aliphatic heterocycles. The predicted octanol–water partition coefficient (Wildman–Crippen LogP) is 2.79. The summed E-state index contributed by atoms with van der Waals surface area (Å²) in [5.41, 5.74) is 0.324. The molecule has 0 aliphatic rings. The Hall–Kier alpha value is -2.41. The number of benzene rings is 1. The van der Waals surface area contributed by atoms with E-state index >= 15 is 0 Å². The number of aliphatic carboxylic acids is 1. The molecule has 7 heteroatoms. The molecule has 0 saturated carbocycles. The number of alkyl carbamates (subject to hydrolysis) is 1. The number of nitrogens with zero attached hydrogens (tertiary/aromatic N) is 1. The summed E-state index contributed by atoms with van der Waals surface area (Å²) in [6, 6.07) is 6.09. The van der Waals surface area contributed by atoms with E-state index in [9.17, 15) is 14.0 Å². The average molecular weight is 352 g/mol. The van der Waals surface area contributed by atoms with Crippen molar-refractivity contribution >= 4 is 12.1 Å². The highest BCUT2D eigenvalue weighted by molar-refractivity contribution is 5.79. The van der Waals surface area contributed by atoms with Crippen molar-refractivity contribution in [2.75, 3.05) is 19.6 Å². The zero-order chi connectivity index (χ0) is 18.9. The van der Waals surface area contributed by atoms with E-state index in [4.69, 9.17) is 9.84 Å². The summed E-state index contributed by atoms with van der Waals surface area (Å²) < 4.78 is 18.2. The maximum absolute atomic E-state index is 13.0. The fourth-order valence-corrected chi connectivity index (χ4v) is 2.02. The van der Waals surface area contributed by atoms with Crippen LogP contribution >= 0.6 is 0 Å². The topological polar surface area (TPSA) is 78.9 Å². The van der Waals surface area contributed by atoms with E-state index in [1.165, 1.54) is 18.2 Å². The summed E-state index contributed by atoms with van der Waals surface area (Å²) in [7, 11) is 0. The van der Waals surface area contributed by atoms with Gasteiger partial charge in [0, 0.05) is 32.3 Å². The highest BCUT2D eigenvalue weighted by Gasteiger charge is 2.15. The van der Waals surface area contributed by atoms with Crippen LogP contribution in [-0.4, -0.2) is 47.3 Å². The van der Waals surface area contributed by atoms with Gasteiger partial charge in [-0.3, -0.25) is 4.90 Å². The molecule has 0 aliphatic carbocycles. The molecule has 0 bridgehead atoms. The van der Waals surface area contributed by atoms with Crippen LogP contribution in [0.25, 0.3) is 0 Å². The monoisotopic (exact) mass is 352 g/mol. The van der Waals surface area contributed by atoms with Crippen molar-refractivity contribution in [1.29, 1.82) is 0 Å². The van der Waals surface area contributed by atoms with E-state index in [0.717, 1.165) is 11.6 Å². The fourth-order valence-electron chi connectivity index (χ4n) is 2.02. The lowest BCUT2D eigenvalue weighted by molar-refractivity contribution is -0.131. The average Bonchev–Trinajstić information content (AvgIpc) is 2.47. The second-order valence-corrected chi connectivity index (χ2v) is 6.53. The zero-order valence-electron chi connectivity index (χ0n) is 14.8. The predicted molar refractivity (Wildman–Crippen MR) is 92.7 cm³/mol. The third-order valence-electron chi connectivity index (χ3n) is 3.04. The van der Waals surface area contributed by atoms with Crippen LogP contribution in [0, 0.1) is 5.82 Å². The molecule has 1 rings (SSSR count). The highest BCUT2D eigenvalue weighted by atomic mass is 19.1. The third kappa shape index (κ3) is 10.1. The second-order valence-electron chi connectivity index (χ2n) is 6.53. The Bertz CT molecular complexity index is 594. The standard InChI is InChI=1S/C18H25FN2O4/c1-18(2,3)25-17(24)20-10-12-21(11-4-5-16(22)23)13-14-6-8-15(19)9-7-14/h4-9H,10-13H2,1-3H3,(H,20,24)(H,22,23)/b5-4+. The lowest BCUT2D eigenvalue weighted by Gasteiger charge is -2.23. The molecule has 0 saturated heterocycles. The van der Waals surface area contributed by atoms with Crippen molar-refractivity contribution < 1.29 is 23.8 Å². The third-order valence-corrected chi connectivity index (χ3v) is 3.04. The van der Waals surface area contributed by atoms with Crippen molar-refractivity contribution in [3.05, 3.63) is 47.8 Å². The molecule has 6 nitrogen and oxygen atoms in total. The summed E-state index contributed by atoms with van der Waals surface area (Å²) in [5.74, 6) is -1.33. The SMILES string of the molecule is CC(C)(C)OC(=O)NCCN(C/C=C/C(=O)O)Cc1ccc(F)cc1. The summed E-state index contributed by atoms with van der Waals surface area (Å²) in [6.07, 6.45) is 2.09. The first kappa shape index (κ1) is 20.6. The number of hydrogen-bond donors (Lipinski definition) is 2. The van der Waals surface area contributed by atoms with E-state index in [0.29, 0.717) is 26.2 Å². The number of carboxylic acid groups (broad SMARTS) is 1. The van der Waals surface area contributed by atoms with Gasteiger partial charge in [-0.25, -0.2) is 14.0 Å². The van der Waals surface area contributed by atoms with Crippen molar-refractivity contribution in [3.63, 3.8) is 0 Å². The molecule has 1 aromatic carbocycles. The summed E-state index contributed by atoms with van der Waals surface area (Å²) in [6.45, 7) is 7.07. The number of halogens is 1. The Morgan fingerprint density at radius 2 is 1.92 bits per heavy atom. The van der Waals surface area contributed by atoms with Crippen molar-refractivity contribution in [3.8, 4) is 0 Å². The smallest absolute Gasteiger partial charge is 0.407 e. The van der Waals surface area contributed by atoms with E-state index in [-0.39, 0.29) is 5.82 Å². The number of ether oxygens (including phenoxy) is 1. The van der Waals surface area contributed by atoms with Gasteiger partial charge in [0.25, 0.3) is 0 Å². The number of carbonyl (C=O) groups excluding carboxylic acids is 1. The first-order valence-electron chi connectivity index (χ1n) is 7.99. The minimum atomic E-state index is -1.02. The van der Waals surface area contributed by atoms with Gasteiger partial charge in [0.2, 0.25) is 0 Å². The summed E-state index contributed by atoms with van der Waals surface area (Å²) >= 11 is 0. The number of amides is 1. The molecule has 138 valence electrons. The Morgan fingerprint density at radius 1 is 1.28 bits per heavy atom. The molecule has 0 atom stereocenters. The Labute approximate surface area is 147 Å². The number of carbonyl (C=O) groups is 2. The van der Waals surface area contributed by atoms with Gasteiger partial charge in [0.1, 0.15) is 11.4 Å². The molecule has 2 N–H and O–H groups in total. The molecule has 0 radical (unpaired) electrons. The van der Waals surface area contributed by atoms with E-state index in [2.05, 4.69) is 5.32 Å². The van der Waals surface area contributed by atoms with Crippen LogP contribution in [0.4, 0.5) is 9.18 Å². The van der Waals surface area contributed by atoms with Crippen LogP contribution in [0.5, 0.6) is 0 Å². The molecular formula is C18H25FN2O4. The van der Waals surface area contributed by atoms with Crippen LogP contribution in [0.2, 0.25) is 0 Å². The van der Waals surface area contributed by atoms with Gasteiger partial charge in [0.05, 0.1) is 0 Å². The largest absolute Gasteiger partial charge is 0.478 e. The number of carboxylic acids is 1. The molecule has 25 heavy (non-hydrogen) atoms. The fraction of sp³-hybridized carbons (Fsp3) is 0.444. The quantitative estimate of drug-likeness (QED) is 0.704. The van der Waals surface area contributed by atoms with Gasteiger partial charge in [0.15, 0.2) is 0 Å². The van der Waals surface area contributed by atoms with Crippen LogP contribution in [0.1, 0.15) is 26.3 Å². The van der Waals surface area contributed by atoms with Crippen molar-refractivity contribution in [2.45, 2.75) is 32.9 Å². The highest BCUT2D eigenvalue weighted by Crippen LogP contribution is 2.08. The minimum Gasteiger partial charge on any atom is -0.478 e. The lowest BCUT2D eigenvalue weighted by Crippen LogP contribution is -2.38. The molecule has 1 amide bonds. The van der Waals surface area contributed by atoms with Crippen LogP contribution in [0.15, 0.2) is 36.4 Å². The molecule has 0 aromatic heterocycles. The van der Waals surface area contributed by atoms with Crippen molar-refractivity contribution in [2.24, 2.45) is 0 Å². The molecule has 0 unspecified atom stereocenters. The minimum absolute atomic E-state index is 0.312. The molecule has 0 spiro atoms. The molecule has 1 aromatic rings. The summed E-state index contributed by atoms with van der Waals surface area (Å²) in [4.78, 5) is 24.2. The van der Waals surface area contributed by atoms with Crippen LogP contribution in [0.3, 0.4) is 0 Å². The van der Waals surface area contributed by atoms with Crippen molar-refractivity contribution in [1.82, 2.24) is 10.2 Å². The molecular weight excluding hydrogens is 327 g/mol. The molecule has 0 fully saturated rings. The van der Waals surface area contributed by atoms with Crippen LogP contribution < -0.4 is 5.32 Å². The van der Waals surface area contributed by atoms with Gasteiger partial charge >= 0.3 is 12.1 Å². The Morgan fingerprint density at radius 3 is 2.48 bits per heavy atom. The zero-order valence-corrected chi connectivity index (χ0v) is 14.8. The van der Waals surface area contributed by atoms with Gasteiger partial charge in [-0.2, -0.15) is 0 Å². The first-order valence-corrected chi connectivity index (χ1v) is 7.99. The van der Waals surface area contributed by atoms with E-state index in [1.807, 2.05) is 4.90 Å². The maximum Gasteiger partial charge on any atom is 0.407 e. The van der Waals surface area contributed by atoms with Gasteiger partial charge in [-0.05, 0) is 38.5 Å². The Kier molecular flexibility index (Phi) is 8.07. The van der Waals surface area contributed by atoms with Gasteiger partial charge in [-0.15, -0.1) is 0 Å². The normalized spacial score (nSPS) is 11.7. The molecule has 0 heterocycles. The van der Waals surface area contributed by atoms with E-state index in [1.54, 1.807) is 32.9 Å². The van der Waals surface area contributed by atoms with Gasteiger partial charge < -0.3 is 15.2 Å². The lowest BCUT2D eigenvalue weighted by atomic mass is 10.2.